The van der Waals surface area contributed by atoms with Crippen molar-refractivity contribution in [3.63, 3.8) is 0 Å². The first-order valence-corrected chi connectivity index (χ1v) is 18.3. The van der Waals surface area contributed by atoms with E-state index in [2.05, 4.69) is 195 Å². The monoisotopic (exact) mass is 679 g/mol. The predicted molar refractivity (Wildman–Crippen MR) is 224 cm³/mol. The van der Waals surface area contributed by atoms with Crippen molar-refractivity contribution in [2.24, 2.45) is 0 Å². The Labute approximate surface area is 309 Å². The summed E-state index contributed by atoms with van der Waals surface area (Å²) < 4.78 is 8.93. The van der Waals surface area contributed by atoms with E-state index < -0.39 is 0 Å². The fourth-order valence-electron chi connectivity index (χ4n) is 8.45. The van der Waals surface area contributed by atoms with E-state index in [0.717, 1.165) is 27.6 Å². The number of rotatable bonds is 5. The number of aromatic nitrogens is 1. The van der Waals surface area contributed by atoms with Crippen LogP contribution in [-0.2, 0) is 0 Å². The number of aryl methyl sites for hydroxylation is 2. The van der Waals surface area contributed by atoms with Crippen molar-refractivity contribution in [1.29, 1.82) is 0 Å². The van der Waals surface area contributed by atoms with Gasteiger partial charge < -0.3 is 8.98 Å². The van der Waals surface area contributed by atoms with Gasteiger partial charge in [0.2, 0.25) is 0 Å². The molecule has 0 atom stereocenters. The summed E-state index contributed by atoms with van der Waals surface area (Å²) in [6.07, 6.45) is 0. The summed E-state index contributed by atoms with van der Waals surface area (Å²) in [5.74, 6) is 0. The summed E-state index contributed by atoms with van der Waals surface area (Å²) in [4.78, 5) is 0. The molecule has 0 aliphatic heterocycles. The Hall–Kier alpha value is -6.64. The van der Waals surface area contributed by atoms with Gasteiger partial charge in [-0.3, -0.25) is 0 Å². The minimum atomic E-state index is 0.896. The molecule has 2 heteroatoms. The van der Waals surface area contributed by atoms with Crippen molar-refractivity contribution in [2.45, 2.75) is 20.8 Å². The topological polar surface area (TPSA) is 18.1 Å². The van der Waals surface area contributed by atoms with E-state index in [0.29, 0.717) is 0 Å². The van der Waals surface area contributed by atoms with Crippen LogP contribution in [0.5, 0.6) is 0 Å². The van der Waals surface area contributed by atoms with E-state index in [1.165, 1.54) is 83.0 Å². The van der Waals surface area contributed by atoms with Gasteiger partial charge >= 0.3 is 0 Å². The highest BCUT2D eigenvalue weighted by atomic mass is 16.3. The second-order valence-corrected chi connectivity index (χ2v) is 14.3. The molecule has 0 unspecified atom stereocenters. The molecule has 0 amide bonds. The van der Waals surface area contributed by atoms with Gasteiger partial charge in [-0.25, -0.2) is 0 Å². The van der Waals surface area contributed by atoms with Crippen LogP contribution in [0.3, 0.4) is 0 Å². The minimum Gasteiger partial charge on any atom is -0.456 e. The van der Waals surface area contributed by atoms with Gasteiger partial charge in [-0.05, 0) is 137 Å². The van der Waals surface area contributed by atoms with Gasteiger partial charge in [-0.1, -0.05) is 115 Å². The third kappa shape index (κ3) is 5.10. The Morgan fingerprint density at radius 2 is 1.04 bits per heavy atom. The molecule has 2 aromatic heterocycles. The summed E-state index contributed by atoms with van der Waals surface area (Å²) in [6.45, 7) is 6.71. The highest BCUT2D eigenvalue weighted by Gasteiger charge is 2.19. The second kappa shape index (κ2) is 12.3. The molecule has 10 rings (SSSR count). The first-order valence-electron chi connectivity index (χ1n) is 18.3. The van der Waals surface area contributed by atoms with Crippen LogP contribution in [0.2, 0.25) is 0 Å². The second-order valence-electron chi connectivity index (χ2n) is 14.3. The number of benzene rings is 8. The largest absolute Gasteiger partial charge is 0.456 e. The Morgan fingerprint density at radius 3 is 1.83 bits per heavy atom. The first kappa shape index (κ1) is 31.1. The SMILES string of the molecule is Cc1cc2oc3ccc(-n4c5ccccc5c5cc(-c6ccccc6)ccc54)cc3c2cc1-c1c(C)ccc(-c2cccc(-c3ccccc3)c2)c1C. The molecule has 0 fully saturated rings. The normalized spacial score (nSPS) is 11.7. The van der Waals surface area contributed by atoms with Crippen molar-refractivity contribution in [2.75, 3.05) is 0 Å². The molecule has 0 bridgehead atoms. The molecule has 0 saturated heterocycles. The van der Waals surface area contributed by atoms with Gasteiger partial charge in [0, 0.05) is 27.2 Å². The van der Waals surface area contributed by atoms with Crippen molar-refractivity contribution in [3.8, 4) is 50.2 Å². The van der Waals surface area contributed by atoms with Crippen LogP contribution in [0.15, 0.2) is 174 Å². The molecule has 0 saturated carbocycles. The highest BCUT2D eigenvalue weighted by Crippen LogP contribution is 2.42. The lowest BCUT2D eigenvalue weighted by Gasteiger charge is -2.17. The lowest BCUT2D eigenvalue weighted by Crippen LogP contribution is -1.95. The first-order chi connectivity index (χ1) is 26.0. The van der Waals surface area contributed by atoms with Crippen LogP contribution < -0.4 is 0 Å². The maximum atomic E-state index is 6.54. The molecule has 0 spiro atoms. The zero-order chi connectivity index (χ0) is 35.6. The van der Waals surface area contributed by atoms with Crippen molar-refractivity contribution in [3.05, 3.63) is 187 Å². The molecule has 0 aliphatic rings. The minimum absolute atomic E-state index is 0.896. The molecule has 53 heavy (non-hydrogen) atoms. The Bertz CT molecular complexity index is 3020. The number of furan rings is 1. The van der Waals surface area contributed by atoms with Gasteiger partial charge in [0.1, 0.15) is 11.2 Å². The average Bonchev–Trinajstić information content (AvgIpc) is 3.72. The maximum absolute atomic E-state index is 6.54. The molecule has 10 aromatic rings. The Morgan fingerprint density at radius 1 is 0.377 bits per heavy atom. The van der Waals surface area contributed by atoms with Gasteiger partial charge in [0.05, 0.1) is 11.0 Å². The van der Waals surface area contributed by atoms with E-state index in [1.54, 1.807) is 0 Å². The lowest BCUT2D eigenvalue weighted by atomic mass is 9.86. The van der Waals surface area contributed by atoms with Crippen LogP contribution in [0, 0.1) is 20.8 Å². The number of para-hydroxylation sites is 1. The molecule has 2 heterocycles. The van der Waals surface area contributed by atoms with Gasteiger partial charge in [-0.2, -0.15) is 0 Å². The molecule has 0 aliphatic carbocycles. The molecule has 252 valence electrons. The lowest BCUT2D eigenvalue weighted by molar-refractivity contribution is 0.668. The van der Waals surface area contributed by atoms with E-state index in [-0.39, 0.29) is 0 Å². The van der Waals surface area contributed by atoms with E-state index >= 15 is 0 Å². The summed E-state index contributed by atoms with van der Waals surface area (Å²) in [5, 5.41) is 4.74. The molecular formula is C51H37NO. The molecule has 8 aromatic carbocycles. The fraction of sp³-hybridized carbons (Fsp3) is 0.0588. The Balaban J connectivity index is 1.13. The number of hydrogen-bond donors (Lipinski definition) is 0. The van der Waals surface area contributed by atoms with E-state index in [4.69, 9.17) is 4.42 Å². The van der Waals surface area contributed by atoms with Crippen molar-refractivity contribution < 1.29 is 4.42 Å². The number of nitrogens with zero attached hydrogens (tertiary/aromatic N) is 1. The van der Waals surface area contributed by atoms with Crippen molar-refractivity contribution in [1.82, 2.24) is 4.57 Å². The Kier molecular flexibility index (Phi) is 7.19. The molecule has 0 N–H and O–H groups in total. The van der Waals surface area contributed by atoms with Crippen LogP contribution >= 0.6 is 0 Å². The number of hydrogen-bond acceptors (Lipinski definition) is 1. The van der Waals surface area contributed by atoms with Crippen LogP contribution in [0.25, 0.3) is 93.9 Å². The van der Waals surface area contributed by atoms with E-state index in [9.17, 15) is 0 Å². The third-order valence-corrected chi connectivity index (χ3v) is 11.1. The third-order valence-electron chi connectivity index (χ3n) is 11.1. The smallest absolute Gasteiger partial charge is 0.135 e. The summed E-state index contributed by atoms with van der Waals surface area (Å²) >= 11 is 0. The zero-order valence-corrected chi connectivity index (χ0v) is 30.0. The highest BCUT2D eigenvalue weighted by molar-refractivity contribution is 6.12. The summed E-state index contributed by atoms with van der Waals surface area (Å²) in [6, 6.07) is 61.5. The predicted octanol–water partition coefficient (Wildman–Crippen LogP) is 14.3. The fourth-order valence-corrected chi connectivity index (χ4v) is 8.45. The summed E-state index contributed by atoms with van der Waals surface area (Å²) in [5.41, 5.74) is 19.0. The summed E-state index contributed by atoms with van der Waals surface area (Å²) in [7, 11) is 0. The van der Waals surface area contributed by atoms with Gasteiger partial charge in [-0.15, -0.1) is 0 Å². The standard InChI is InChI=1S/C51H37NO/c1-32-21-24-41(39-18-12-17-37(28-39)35-13-6-4-7-14-35)34(3)51(32)43-31-46-45-30-40(23-26-49(45)53-50(46)27-33(43)2)52-47-20-11-10-19-42(47)44-29-38(22-25-48(44)52)36-15-8-5-9-16-36/h4-31H,1-3H3. The van der Waals surface area contributed by atoms with Gasteiger partial charge in [0.25, 0.3) is 0 Å². The maximum Gasteiger partial charge on any atom is 0.135 e. The van der Waals surface area contributed by atoms with Crippen LogP contribution in [0.1, 0.15) is 16.7 Å². The average molecular weight is 680 g/mol. The molecular weight excluding hydrogens is 643 g/mol. The van der Waals surface area contributed by atoms with Gasteiger partial charge in [0.15, 0.2) is 0 Å². The van der Waals surface area contributed by atoms with Crippen LogP contribution in [0.4, 0.5) is 0 Å². The molecule has 2 nitrogen and oxygen atoms in total. The van der Waals surface area contributed by atoms with Crippen molar-refractivity contribution >= 4 is 43.7 Å². The van der Waals surface area contributed by atoms with Crippen LogP contribution in [-0.4, -0.2) is 4.57 Å². The quantitative estimate of drug-likeness (QED) is 0.177. The number of fused-ring (bicyclic) bond motifs is 6. The molecule has 0 radical (unpaired) electrons. The van der Waals surface area contributed by atoms with E-state index in [1.807, 2.05) is 0 Å². The zero-order valence-electron chi connectivity index (χ0n) is 30.0.